The van der Waals surface area contributed by atoms with E-state index >= 15 is 0 Å². The lowest BCUT2D eigenvalue weighted by atomic mass is 9.91. The van der Waals surface area contributed by atoms with Gasteiger partial charge in [-0.25, -0.2) is 0 Å². The van der Waals surface area contributed by atoms with Crippen molar-refractivity contribution in [3.05, 3.63) is 39.9 Å². The Morgan fingerprint density at radius 1 is 1.29 bits per heavy atom. The van der Waals surface area contributed by atoms with Crippen molar-refractivity contribution in [1.82, 2.24) is 10.6 Å². The smallest absolute Gasteiger partial charge is 0.269 e. The molecule has 1 aliphatic rings. The number of hydrogen-bond donors (Lipinski definition) is 2. The second-order valence-electron chi connectivity index (χ2n) is 5.51. The van der Waals surface area contributed by atoms with E-state index in [1.807, 2.05) is 7.05 Å². The summed E-state index contributed by atoms with van der Waals surface area (Å²) >= 11 is 0. The number of amides is 1. The van der Waals surface area contributed by atoms with Crippen LogP contribution in [0.25, 0.3) is 0 Å². The topological polar surface area (TPSA) is 84.3 Å². The van der Waals surface area contributed by atoms with Gasteiger partial charge in [-0.3, -0.25) is 14.9 Å². The summed E-state index contributed by atoms with van der Waals surface area (Å²) in [6, 6.07) is 7.01. The molecule has 114 valence electrons. The zero-order valence-electron chi connectivity index (χ0n) is 12.2. The zero-order chi connectivity index (χ0) is 15.2. The predicted molar refractivity (Wildman–Crippen MR) is 80.0 cm³/mol. The number of hydrogen-bond acceptors (Lipinski definition) is 4. The lowest BCUT2D eigenvalue weighted by Gasteiger charge is -2.28. The van der Waals surface area contributed by atoms with Crippen LogP contribution in [0, 0.1) is 10.1 Å². The van der Waals surface area contributed by atoms with Gasteiger partial charge in [0, 0.05) is 24.2 Å². The van der Waals surface area contributed by atoms with Crippen LogP contribution in [0.3, 0.4) is 0 Å². The van der Waals surface area contributed by atoms with E-state index in [4.69, 9.17) is 0 Å². The molecular weight excluding hydrogens is 270 g/mol. The fourth-order valence-corrected chi connectivity index (χ4v) is 2.77. The van der Waals surface area contributed by atoms with Gasteiger partial charge in [0.05, 0.1) is 11.3 Å². The molecular formula is C15H21N3O3. The second-order valence-corrected chi connectivity index (χ2v) is 5.51. The summed E-state index contributed by atoms with van der Waals surface area (Å²) in [5, 5.41) is 17.0. The fourth-order valence-electron chi connectivity index (χ4n) is 2.77. The number of benzene rings is 1. The second kappa shape index (κ2) is 7.17. The van der Waals surface area contributed by atoms with E-state index in [0.717, 1.165) is 25.7 Å². The van der Waals surface area contributed by atoms with Crippen molar-refractivity contribution in [3.63, 3.8) is 0 Å². The molecule has 21 heavy (non-hydrogen) atoms. The van der Waals surface area contributed by atoms with Gasteiger partial charge in [-0.05, 0) is 38.3 Å². The Balaban J connectivity index is 1.85. The van der Waals surface area contributed by atoms with Crippen molar-refractivity contribution >= 4 is 11.6 Å². The first-order valence-corrected chi connectivity index (χ1v) is 7.28. The lowest BCUT2D eigenvalue weighted by molar-refractivity contribution is -0.384. The van der Waals surface area contributed by atoms with Crippen molar-refractivity contribution in [2.45, 2.75) is 44.2 Å². The summed E-state index contributed by atoms with van der Waals surface area (Å²) in [5.41, 5.74) is 0.695. The fraction of sp³-hybridized carbons (Fsp3) is 0.533. The molecule has 1 aromatic carbocycles. The van der Waals surface area contributed by atoms with Gasteiger partial charge in [0.1, 0.15) is 0 Å². The molecule has 0 aliphatic heterocycles. The molecule has 2 rings (SSSR count). The number of nitrogens with one attached hydrogen (secondary N) is 2. The quantitative estimate of drug-likeness (QED) is 0.640. The van der Waals surface area contributed by atoms with Crippen LogP contribution in [0.1, 0.15) is 31.2 Å². The van der Waals surface area contributed by atoms with Crippen LogP contribution in [0.5, 0.6) is 0 Å². The Labute approximate surface area is 124 Å². The van der Waals surface area contributed by atoms with Crippen LogP contribution in [-0.4, -0.2) is 30.0 Å². The normalized spacial score (nSPS) is 21.8. The Hall–Kier alpha value is -1.95. The van der Waals surface area contributed by atoms with Gasteiger partial charge in [-0.2, -0.15) is 0 Å². The Morgan fingerprint density at radius 2 is 1.95 bits per heavy atom. The Morgan fingerprint density at radius 3 is 2.57 bits per heavy atom. The molecule has 0 saturated heterocycles. The van der Waals surface area contributed by atoms with Crippen molar-refractivity contribution in [2.24, 2.45) is 0 Å². The molecule has 6 nitrogen and oxygen atoms in total. The molecule has 0 heterocycles. The van der Waals surface area contributed by atoms with E-state index in [-0.39, 0.29) is 24.1 Å². The average Bonchev–Trinajstić information content (AvgIpc) is 2.48. The molecule has 0 atom stereocenters. The van der Waals surface area contributed by atoms with E-state index in [2.05, 4.69) is 10.6 Å². The minimum atomic E-state index is -0.444. The number of nitro groups is 1. The molecule has 2 N–H and O–H groups in total. The van der Waals surface area contributed by atoms with Crippen LogP contribution in [0.15, 0.2) is 24.3 Å². The molecule has 6 heteroatoms. The molecule has 0 aromatic heterocycles. The molecule has 1 saturated carbocycles. The van der Waals surface area contributed by atoms with Crippen LogP contribution in [0.2, 0.25) is 0 Å². The standard InChI is InChI=1S/C15H21N3O3/c1-16-12-5-7-13(8-6-12)17-15(19)10-11-3-2-4-14(9-11)18(20)21/h2-4,9,12-13,16H,5-8,10H2,1H3,(H,17,19). The zero-order valence-corrected chi connectivity index (χ0v) is 12.2. The van der Waals surface area contributed by atoms with Crippen molar-refractivity contribution in [1.29, 1.82) is 0 Å². The van der Waals surface area contributed by atoms with Crippen LogP contribution in [-0.2, 0) is 11.2 Å². The first-order valence-electron chi connectivity index (χ1n) is 7.28. The average molecular weight is 291 g/mol. The molecule has 0 spiro atoms. The SMILES string of the molecule is CNC1CCC(NC(=O)Cc2cccc([N+](=O)[O-])c2)CC1. The number of nitro benzene ring substituents is 1. The molecule has 0 bridgehead atoms. The molecule has 1 aromatic rings. The Bertz CT molecular complexity index is 511. The first-order chi connectivity index (χ1) is 10.1. The van der Waals surface area contributed by atoms with Gasteiger partial charge in [0.2, 0.25) is 5.91 Å². The molecule has 1 aliphatic carbocycles. The summed E-state index contributed by atoms with van der Waals surface area (Å²) in [6.45, 7) is 0. The summed E-state index contributed by atoms with van der Waals surface area (Å²) in [4.78, 5) is 22.3. The van der Waals surface area contributed by atoms with E-state index in [1.165, 1.54) is 12.1 Å². The van der Waals surface area contributed by atoms with Gasteiger partial charge >= 0.3 is 0 Å². The number of nitrogens with zero attached hydrogens (tertiary/aromatic N) is 1. The van der Waals surface area contributed by atoms with Gasteiger partial charge in [0.15, 0.2) is 0 Å². The minimum absolute atomic E-state index is 0.0230. The van der Waals surface area contributed by atoms with Crippen molar-refractivity contribution in [2.75, 3.05) is 7.05 Å². The van der Waals surface area contributed by atoms with E-state index in [9.17, 15) is 14.9 Å². The van der Waals surface area contributed by atoms with Gasteiger partial charge in [-0.15, -0.1) is 0 Å². The lowest BCUT2D eigenvalue weighted by Crippen LogP contribution is -2.41. The summed E-state index contributed by atoms with van der Waals surface area (Å²) in [7, 11) is 1.96. The monoisotopic (exact) mass is 291 g/mol. The summed E-state index contributed by atoms with van der Waals surface area (Å²) in [5.74, 6) is -0.0663. The molecule has 0 radical (unpaired) electrons. The van der Waals surface area contributed by atoms with Crippen molar-refractivity contribution < 1.29 is 9.72 Å². The van der Waals surface area contributed by atoms with Crippen LogP contribution >= 0.6 is 0 Å². The third kappa shape index (κ3) is 4.53. The number of carbonyl (C=O) groups excluding carboxylic acids is 1. The summed E-state index contributed by atoms with van der Waals surface area (Å²) in [6.07, 6.45) is 4.28. The maximum absolute atomic E-state index is 12.0. The maximum Gasteiger partial charge on any atom is 0.269 e. The predicted octanol–water partition coefficient (Wildman–Crippen LogP) is 1.78. The van der Waals surface area contributed by atoms with Gasteiger partial charge in [0.25, 0.3) is 5.69 Å². The highest BCUT2D eigenvalue weighted by Gasteiger charge is 2.21. The van der Waals surface area contributed by atoms with Gasteiger partial charge in [-0.1, -0.05) is 12.1 Å². The van der Waals surface area contributed by atoms with E-state index < -0.39 is 4.92 Å². The number of rotatable bonds is 5. The van der Waals surface area contributed by atoms with E-state index in [0.29, 0.717) is 11.6 Å². The first kappa shape index (κ1) is 15.4. The van der Waals surface area contributed by atoms with Gasteiger partial charge < -0.3 is 10.6 Å². The Kier molecular flexibility index (Phi) is 5.27. The number of non-ortho nitro benzene ring substituents is 1. The molecule has 1 fully saturated rings. The van der Waals surface area contributed by atoms with Crippen molar-refractivity contribution in [3.8, 4) is 0 Å². The van der Waals surface area contributed by atoms with Crippen LogP contribution < -0.4 is 10.6 Å². The highest BCUT2D eigenvalue weighted by Crippen LogP contribution is 2.19. The molecule has 1 amide bonds. The number of carbonyl (C=O) groups is 1. The largest absolute Gasteiger partial charge is 0.353 e. The highest BCUT2D eigenvalue weighted by atomic mass is 16.6. The maximum atomic E-state index is 12.0. The minimum Gasteiger partial charge on any atom is -0.353 e. The third-order valence-corrected chi connectivity index (χ3v) is 3.99. The highest BCUT2D eigenvalue weighted by molar-refractivity contribution is 5.79. The van der Waals surface area contributed by atoms with E-state index in [1.54, 1.807) is 12.1 Å². The third-order valence-electron chi connectivity index (χ3n) is 3.99. The van der Waals surface area contributed by atoms with Crippen LogP contribution in [0.4, 0.5) is 5.69 Å². The summed E-state index contributed by atoms with van der Waals surface area (Å²) < 4.78 is 0. The molecule has 0 unspecified atom stereocenters.